The number of nitrogens with one attached hydrogen (secondary N) is 1. The molecule has 0 aromatic heterocycles. The van der Waals surface area contributed by atoms with Gasteiger partial charge in [-0.3, -0.25) is 10.7 Å². The summed E-state index contributed by atoms with van der Waals surface area (Å²) >= 11 is 6.11. The first-order chi connectivity index (χ1) is 15.7. The van der Waals surface area contributed by atoms with Gasteiger partial charge in [0, 0.05) is 17.7 Å². The van der Waals surface area contributed by atoms with E-state index in [4.69, 9.17) is 26.5 Å². The van der Waals surface area contributed by atoms with Crippen LogP contribution in [0.4, 0.5) is 23.2 Å². The molecule has 3 aromatic carbocycles. The Hall–Kier alpha value is -3.36. The minimum absolute atomic E-state index is 0.112. The Bertz CT molecular complexity index is 1160. The van der Waals surface area contributed by atoms with Gasteiger partial charge in [-0.05, 0) is 42.0 Å². The largest absolute Gasteiger partial charge is 0.496 e. The number of alkyl halides is 3. The topological polar surface area (TPSA) is 58.9 Å². The van der Waals surface area contributed by atoms with Gasteiger partial charge in [0.05, 0.1) is 7.11 Å². The summed E-state index contributed by atoms with van der Waals surface area (Å²) in [4.78, 5) is 0. The van der Waals surface area contributed by atoms with Crippen LogP contribution in [0.2, 0.25) is 5.02 Å². The Morgan fingerprint density at radius 2 is 1.76 bits per heavy atom. The summed E-state index contributed by atoms with van der Waals surface area (Å²) in [6.45, 7) is -0.230. The van der Waals surface area contributed by atoms with Crippen LogP contribution < -0.4 is 14.8 Å². The molecule has 0 unspecified atom stereocenters. The number of hydrogen-bond donors (Lipinski definition) is 2. The first-order valence-corrected chi connectivity index (χ1v) is 10.1. The summed E-state index contributed by atoms with van der Waals surface area (Å²) in [7, 11) is 1.48. The lowest BCUT2D eigenvalue weighted by atomic mass is 10.0. The van der Waals surface area contributed by atoms with E-state index in [1.165, 1.54) is 30.6 Å². The molecule has 0 saturated heterocycles. The van der Waals surface area contributed by atoms with Crippen LogP contribution in [-0.4, -0.2) is 25.6 Å². The van der Waals surface area contributed by atoms with E-state index in [1.807, 2.05) is 0 Å². The van der Waals surface area contributed by atoms with Crippen molar-refractivity contribution in [3.63, 3.8) is 0 Å². The molecule has 3 rings (SSSR count). The van der Waals surface area contributed by atoms with E-state index in [-0.39, 0.29) is 12.3 Å². The van der Waals surface area contributed by atoms with Crippen LogP contribution >= 0.6 is 11.6 Å². The second-order valence-corrected chi connectivity index (χ2v) is 7.36. The molecule has 0 aliphatic carbocycles. The number of rotatable bonds is 8. The lowest BCUT2D eigenvalue weighted by Gasteiger charge is -2.12. The van der Waals surface area contributed by atoms with Crippen molar-refractivity contribution in [1.29, 1.82) is 5.41 Å². The molecule has 0 atom stereocenters. The molecule has 0 fully saturated rings. The number of benzene rings is 3. The number of nitrogens with two attached hydrogens (primary N) is 1. The fraction of sp³-hybridized carbons (Fsp3) is 0.125. The zero-order valence-corrected chi connectivity index (χ0v) is 18.2. The van der Waals surface area contributed by atoms with Gasteiger partial charge in [-0.2, -0.15) is 13.2 Å². The maximum Gasteiger partial charge on any atom is 0.432 e. The first kappa shape index (κ1) is 24.3. The maximum absolute atomic E-state index is 13.7. The van der Waals surface area contributed by atoms with Crippen molar-refractivity contribution < 1.29 is 32.4 Å². The molecule has 33 heavy (non-hydrogen) atoms. The SMILES string of the molecule is COc1ccc(F)cc1-c1ccc(OCC(=CC(=N)C(F)(F)F)[NH2+]c2ccccc2Cl)cc1. The van der Waals surface area contributed by atoms with Crippen molar-refractivity contribution in [1.82, 2.24) is 0 Å². The third-order valence-corrected chi connectivity index (χ3v) is 4.96. The summed E-state index contributed by atoms with van der Waals surface area (Å²) in [5.74, 6) is 0.463. The smallest absolute Gasteiger partial charge is 0.432 e. The molecule has 4 nitrogen and oxygen atoms in total. The van der Waals surface area contributed by atoms with E-state index < -0.39 is 17.7 Å². The molecule has 9 heteroatoms. The van der Waals surface area contributed by atoms with Gasteiger partial charge in [-0.15, -0.1) is 0 Å². The molecule has 0 aliphatic rings. The highest BCUT2D eigenvalue weighted by Gasteiger charge is 2.33. The van der Waals surface area contributed by atoms with Crippen molar-refractivity contribution in [2.45, 2.75) is 6.18 Å². The Labute approximate surface area is 192 Å². The number of para-hydroxylation sites is 1. The molecular weight excluding hydrogens is 460 g/mol. The van der Waals surface area contributed by atoms with Crippen LogP contribution in [0.3, 0.4) is 0 Å². The average molecular weight is 480 g/mol. The van der Waals surface area contributed by atoms with E-state index in [0.717, 1.165) is 0 Å². The van der Waals surface area contributed by atoms with Crippen LogP contribution in [-0.2, 0) is 0 Å². The maximum atomic E-state index is 13.7. The summed E-state index contributed by atoms with van der Waals surface area (Å²) in [5.41, 5.74) is 0.336. The zero-order valence-electron chi connectivity index (χ0n) is 17.4. The number of methoxy groups -OCH3 is 1. The average Bonchev–Trinajstić information content (AvgIpc) is 2.78. The molecular formula is C24H20ClF4N2O2+. The zero-order chi connectivity index (χ0) is 24.0. The number of halogens is 5. The molecule has 3 aromatic rings. The molecule has 0 heterocycles. The van der Waals surface area contributed by atoms with Crippen LogP contribution in [0.5, 0.6) is 11.5 Å². The quantitative estimate of drug-likeness (QED) is 0.240. The lowest BCUT2D eigenvalue weighted by molar-refractivity contribution is -0.521. The third-order valence-electron chi connectivity index (χ3n) is 4.61. The van der Waals surface area contributed by atoms with Gasteiger partial charge in [0.1, 0.15) is 28.1 Å². The summed E-state index contributed by atoms with van der Waals surface area (Å²) in [5, 5.41) is 9.10. The Morgan fingerprint density at radius 3 is 2.39 bits per heavy atom. The van der Waals surface area contributed by atoms with Gasteiger partial charge >= 0.3 is 6.18 Å². The normalized spacial score (nSPS) is 11.9. The van der Waals surface area contributed by atoms with Gasteiger partial charge in [-0.25, -0.2) is 4.39 Å². The standard InChI is InChI=1S/C24H19ClF4N2O2/c1-32-22-11-8-16(26)12-19(22)15-6-9-18(10-7-15)33-14-17(13-23(30)24(27,28)29)31-21-5-3-2-4-20(21)25/h2-13,30-31H,14H2,1H3/p+1. The molecule has 0 aliphatic heterocycles. The second-order valence-electron chi connectivity index (χ2n) is 6.95. The molecule has 0 spiro atoms. The van der Waals surface area contributed by atoms with Crippen molar-refractivity contribution in [2.24, 2.45) is 0 Å². The van der Waals surface area contributed by atoms with Crippen LogP contribution in [0.1, 0.15) is 0 Å². The predicted octanol–water partition coefficient (Wildman–Crippen LogP) is 5.89. The monoisotopic (exact) mass is 479 g/mol. The number of quaternary nitrogens is 1. The minimum atomic E-state index is -4.79. The van der Waals surface area contributed by atoms with Gasteiger partial charge in [0.25, 0.3) is 0 Å². The van der Waals surface area contributed by atoms with E-state index in [1.54, 1.807) is 48.5 Å². The highest BCUT2D eigenvalue weighted by atomic mass is 35.5. The Kier molecular flexibility index (Phi) is 7.73. The Morgan fingerprint density at radius 1 is 1.06 bits per heavy atom. The van der Waals surface area contributed by atoms with Crippen LogP contribution in [0.15, 0.2) is 78.5 Å². The van der Waals surface area contributed by atoms with Crippen molar-refractivity contribution in [3.05, 3.63) is 89.3 Å². The van der Waals surface area contributed by atoms with Gasteiger partial charge in [-0.1, -0.05) is 35.9 Å². The highest BCUT2D eigenvalue weighted by Crippen LogP contribution is 2.31. The van der Waals surface area contributed by atoms with Gasteiger partial charge < -0.3 is 9.47 Å². The molecule has 0 saturated carbocycles. The molecule has 0 bridgehead atoms. The lowest BCUT2D eigenvalue weighted by Crippen LogP contribution is -2.77. The van der Waals surface area contributed by atoms with Crippen LogP contribution in [0.25, 0.3) is 11.1 Å². The fourth-order valence-electron chi connectivity index (χ4n) is 2.99. The van der Waals surface area contributed by atoms with Crippen molar-refractivity contribution in [3.8, 4) is 22.6 Å². The van der Waals surface area contributed by atoms with E-state index in [9.17, 15) is 17.6 Å². The van der Waals surface area contributed by atoms with Gasteiger partial charge in [0.2, 0.25) is 0 Å². The summed E-state index contributed by atoms with van der Waals surface area (Å²) in [6, 6.07) is 17.4. The predicted molar refractivity (Wildman–Crippen MR) is 119 cm³/mol. The highest BCUT2D eigenvalue weighted by molar-refractivity contribution is 6.32. The van der Waals surface area contributed by atoms with Crippen LogP contribution in [0, 0.1) is 11.2 Å². The third kappa shape index (κ3) is 6.57. The number of ether oxygens (including phenoxy) is 2. The molecule has 3 N–H and O–H groups in total. The molecule has 172 valence electrons. The summed E-state index contributed by atoms with van der Waals surface area (Å²) in [6.07, 6.45) is -4.08. The summed E-state index contributed by atoms with van der Waals surface area (Å²) < 4.78 is 63.3. The van der Waals surface area contributed by atoms with Gasteiger partial charge in [0.15, 0.2) is 18.0 Å². The van der Waals surface area contributed by atoms with Crippen molar-refractivity contribution in [2.75, 3.05) is 13.7 Å². The molecule has 0 radical (unpaired) electrons. The molecule has 0 amide bonds. The first-order valence-electron chi connectivity index (χ1n) is 9.70. The second kappa shape index (κ2) is 10.5. The number of allylic oxidation sites excluding steroid dienone is 1. The Balaban J connectivity index is 1.79. The number of hydrogen-bond acceptors (Lipinski definition) is 3. The van der Waals surface area contributed by atoms with Crippen molar-refractivity contribution >= 4 is 23.0 Å². The minimum Gasteiger partial charge on any atom is -0.496 e. The fourth-order valence-corrected chi connectivity index (χ4v) is 3.18. The van der Waals surface area contributed by atoms with E-state index in [0.29, 0.717) is 39.4 Å². The van der Waals surface area contributed by atoms with E-state index >= 15 is 0 Å². The van der Waals surface area contributed by atoms with E-state index in [2.05, 4.69) is 0 Å².